The Kier molecular flexibility index (Phi) is 2.79. The molecule has 0 aromatic carbocycles. The minimum atomic E-state index is -0.845. The first-order chi connectivity index (χ1) is 3.06. The Bertz CT molecular complexity index is 48.1. The van der Waals surface area contributed by atoms with Crippen molar-refractivity contribution >= 4 is 17.9 Å². The second-order valence-corrected chi connectivity index (χ2v) is 9.40. The summed E-state index contributed by atoms with van der Waals surface area (Å²) in [6.45, 7) is 9.30. The first-order valence-corrected chi connectivity index (χ1v) is 8.43. The lowest BCUT2D eigenvalue weighted by Crippen LogP contribution is -2.42. The van der Waals surface area contributed by atoms with E-state index in [0.717, 1.165) is 0 Å². The van der Waals surface area contributed by atoms with Crippen LogP contribution in [-0.4, -0.2) is 17.9 Å². The average molecular weight is 133 g/mol. The normalized spacial score (nSPS) is 13.7. The molecule has 0 amide bonds. The minimum absolute atomic E-state index is 0.122. The van der Waals surface area contributed by atoms with Gasteiger partial charge in [0.15, 0.2) is 0 Å². The van der Waals surface area contributed by atoms with Gasteiger partial charge in [0.25, 0.3) is 0 Å². The summed E-state index contributed by atoms with van der Waals surface area (Å²) in [6.07, 6.45) is 0. The van der Waals surface area contributed by atoms with Gasteiger partial charge in [-0.05, 0) is 0 Å². The first kappa shape index (κ1) is 7.39. The molecule has 0 aliphatic heterocycles. The molecule has 0 unspecified atom stereocenters. The topological polar surface area (TPSA) is 12.0 Å². The molecule has 0 rings (SSSR count). The highest BCUT2D eigenvalue weighted by atomic mass is 28.4. The van der Waals surface area contributed by atoms with Crippen molar-refractivity contribution in [1.82, 2.24) is 4.65 Å². The molecule has 0 aliphatic rings. The summed E-state index contributed by atoms with van der Waals surface area (Å²) in [5, 5.41) is 0. The highest BCUT2D eigenvalue weighted by molar-refractivity contribution is 6.79. The Morgan fingerprint density at radius 2 is 1.71 bits per heavy atom. The van der Waals surface area contributed by atoms with Gasteiger partial charge in [-0.1, -0.05) is 26.2 Å². The van der Waals surface area contributed by atoms with E-state index in [1.54, 1.807) is 0 Å². The van der Waals surface area contributed by atoms with Crippen molar-refractivity contribution in [2.45, 2.75) is 26.2 Å². The van der Waals surface area contributed by atoms with E-state index in [1.807, 2.05) is 0 Å². The van der Waals surface area contributed by atoms with Crippen LogP contribution in [0.2, 0.25) is 26.2 Å². The van der Waals surface area contributed by atoms with Crippen LogP contribution in [-0.2, 0) is 0 Å². The van der Waals surface area contributed by atoms with Crippen LogP contribution in [0.1, 0.15) is 0 Å². The Morgan fingerprint density at radius 1 is 1.29 bits per heavy atom. The maximum Gasteiger partial charge on any atom is 0.109 e. The second kappa shape index (κ2) is 2.64. The Morgan fingerprint density at radius 3 is 1.71 bits per heavy atom. The SMILES string of the molecule is C[SiH2]N[Si](C)(C)C. The summed E-state index contributed by atoms with van der Waals surface area (Å²) in [5.74, 6) is 0. The molecule has 0 aromatic rings. The molecule has 0 aliphatic carbocycles. The number of rotatable bonds is 2. The monoisotopic (exact) mass is 133 g/mol. The van der Waals surface area contributed by atoms with Crippen LogP contribution in [0, 0.1) is 0 Å². The van der Waals surface area contributed by atoms with Crippen LogP contribution in [0.25, 0.3) is 0 Å². The fourth-order valence-electron chi connectivity index (χ4n) is 0.530. The van der Waals surface area contributed by atoms with E-state index in [9.17, 15) is 0 Å². The van der Waals surface area contributed by atoms with Crippen LogP contribution < -0.4 is 4.65 Å². The number of nitrogens with one attached hydrogen (secondary N) is 1. The van der Waals surface area contributed by atoms with Crippen molar-refractivity contribution in [1.29, 1.82) is 0 Å². The van der Waals surface area contributed by atoms with Crippen molar-refractivity contribution in [2.75, 3.05) is 0 Å². The van der Waals surface area contributed by atoms with Gasteiger partial charge in [0.2, 0.25) is 0 Å². The van der Waals surface area contributed by atoms with Crippen molar-refractivity contribution in [3.8, 4) is 0 Å². The van der Waals surface area contributed by atoms with Crippen molar-refractivity contribution in [2.24, 2.45) is 0 Å². The lowest BCUT2D eigenvalue weighted by Gasteiger charge is -2.15. The third-order valence-corrected chi connectivity index (χ3v) is 6.36. The smallest absolute Gasteiger partial charge is 0.109 e. The van der Waals surface area contributed by atoms with E-state index in [1.165, 1.54) is 0 Å². The molecule has 0 saturated carbocycles. The number of hydrogen-bond donors (Lipinski definition) is 1. The summed E-state index contributed by atoms with van der Waals surface area (Å²) in [6, 6.07) is 0. The van der Waals surface area contributed by atoms with Gasteiger partial charge in [0, 0.05) is 0 Å². The number of hydrogen-bond acceptors (Lipinski definition) is 1. The summed E-state index contributed by atoms with van der Waals surface area (Å²) < 4.78 is 3.56. The maximum absolute atomic E-state index is 3.56. The molecule has 0 spiro atoms. The third-order valence-electron chi connectivity index (χ3n) is 0.707. The Balaban J connectivity index is 3.15. The fraction of sp³-hybridized carbons (Fsp3) is 1.00. The van der Waals surface area contributed by atoms with E-state index in [2.05, 4.69) is 30.8 Å². The predicted octanol–water partition coefficient (Wildman–Crippen LogP) is 0.543. The quantitative estimate of drug-likeness (QED) is 0.542. The summed E-state index contributed by atoms with van der Waals surface area (Å²) in [7, 11) is -0.724. The summed E-state index contributed by atoms with van der Waals surface area (Å²) in [4.78, 5) is 0. The molecule has 3 heteroatoms. The van der Waals surface area contributed by atoms with E-state index in [4.69, 9.17) is 0 Å². The van der Waals surface area contributed by atoms with E-state index in [-0.39, 0.29) is 9.68 Å². The van der Waals surface area contributed by atoms with Crippen molar-refractivity contribution in [3.63, 3.8) is 0 Å². The highest BCUT2D eigenvalue weighted by Crippen LogP contribution is 1.90. The van der Waals surface area contributed by atoms with Crippen LogP contribution in [0.15, 0.2) is 0 Å². The van der Waals surface area contributed by atoms with Crippen molar-refractivity contribution < 1.29 is 0 Å². The predicted molar refractivity (Wildman–Crippen MR) is 40.9 cm³/mol. The fourth-order valence-corrected chi connectivity index (χ4v) is 4.77. The van der Waals surface area contributed by atoms with Gasteiger partial charge < -0.3 is 4.65 Å². The lowest BCUT2D eigenvalue weighted by atomic mass is 11.8. The zero-order valence-corrected chi connectivity index (χ0v) is 8.12. The molecule has 44 valence electrons. The van der Waals surface area contributed by atoms with Gasteiger partial charge in [0.1, 0.15) is 8.24 Å². The Hall–Kier alpha value is 0.394. The molecule has 0 fully saturated rings. The molecule has 0 saturated heterocycles. The van der Waals surface area contributed by atoms with E-state index in [0.29, 0.717) is 0 Å². The van der Waals surface area contributed by atoms with Crippen LogP contribution >= 0.6 is 0 Å². The maximum atomic E-state index is 3.56. The van der Waals surface area contributed by atoms with E-state index >= 15 is 0 Å². The molecule has 0 bridgehead atoms. The third kappa shape index (κ3) is 6.39. The van der Waals surface area contributed by atoms with Crippen LogP contribution in [0.3, 0.4) is 0 Å². The molecular formula is C4H15NSi2. The molecule has 1 nitrogen and oxygen atoms in total. The minimum Gasteiger partial charge on any atom is -0.365 e. The first-order valence-electron chi connectivity index (χ1n) is 2.81. The molecule has 0 heterocycles. The molecule has 0 atom stereocenters. The zero-order valence-electron chi connectivity index (χ0n) is 5.71. The van der Waals surface area contributed by atoms with Gasteiger partial charge in [-0.3, -0.25) is 0 Å². The molecular weight excluding hydrogens is 118 g/mol. The molecule has 1 N–H and O–H groups in total. The molecule has 0 aromatic heterocycles. The zero-order chi connectivity index (χ0) is 5.91. The van der Waals surface area contributed by atoms with Gasteiger partial charge in [-0.25, -0.2) is 0 Å². The lowest BCUT2D eigenvalue weighted by molar-refractivity contribution is 1.40. The standard InChI is InChI=1S/C4H15NSi2/c1-6-5-7(2,3)4/h5H,6H2,1-4H3. The van der Waals surface area contributed by atoms with Crippen molar-refractivity contribution in [3.05, 3.63) is 0 Å². The van der Waals surface area contributed by atoms with Gasteiger partial charge in [-0.2, -0.15) is 0 Å². The van der Waals surface area contributed by atoms with Crippen LogP contribution in [0.4, 0.5) is 0 Å². The van der Waals surface area contributed by atoms with E-state index < -0.39 is 8.24 Å². The molecule has 7 heavy (non-hydrogen) atoms. The summed E-state index contributed by atoms with van der Waals surface area (Å²) >= 11 is 0. The largest absolute Gasteiger partial charge is 0.365 e. The van der Waals surface area contributed by atoms with Gasteiger partial charge in [0.05, 0.1) is 9.68 Å². The average Bonchev–Trinajstić information content (AvgIpc) is 1.30. The van der Waals surface area contributed by atoms with Gasteiger partial charge >= 0.3 is 0 Å². The summed E-state index contributed by atoms with van der Waals surface area (Å²) in [5.41, 5.74) is 0. The molecule has 0 radical (unpaired) electrons. The van der Waals surface area contributed by atoms with Crippen LogP contribution in [0.5, 0.6) is 0 Å². The highest BCUT2D eigenvalue weighted by Gasteiger charge is 2.08. The second-order valence-electron chi connectivity index (χ2n) is 2.78. The Labute approximate surface area is 49.5 Å². The van der Waals surface area contributed by atoms with Gasteiger partial charge in [-0.15, -0.1) is 0 Å².